The largest absolute Gasteiger partial charge is 0.497 e. The van der Waals surface area contributed by atoms with E-state index in [-0.39, 0.29) is 10.6 Å². The number of methoxy groups -OCH3 is 2. The van der Waals surface area contributed by atoms with Crippen molar-refractivity contribution in [3.05, 3.63) is 58.1 Å². The van der Waals surface area contributed by atoms with Gasteiger partial charge in [-0.2, -0.15) is 0 Å². The van der Waals surface area contributed by atoms with Gasteiger partial charge < -0.3 is 9.47 Å². The van der Waals surface area contributed by atoms with Crippen molar-refractivity contribution in [1.82, 2.24) is 0 Å². The maximum absolute atomic E-state index is 14.0. The van der Waals surface area contributed by atoms with E-state index in [1.54, 1.807) is 18.2 Å². The van der Waals surface area contributed by atoms with Gasteiger partial charge in [-0.25, -0.2) is 8.78 Å². The van der Waals surface area contributed by atoms with Gasteiger partial charge in [0.05, 0.1) is 24.6 Å². The Morgan fingerprint density at radius 3 is 2.29 bits per heavy atom. The summed E-state index contributed by atoms with van der Waals surface area (Å²) in [5.74, 6) is -0.441. The molecule has 21 heavy (non-hydrogen) atoms. The predicted octanol–water partition coefficient (Wildman–Crippen LogP) is 4.96. The third-order valence-corrected chi connectivity index (χ3v) is 3.78. The van der Waals surface area contributed by atoms with E-state index in [1.807, 2.05) is 0 Å². The molecule has 0 aliphatic carbocycles. The highest BCUT2D eigenvalue weighted by Crippen LogP contribution is 2.39. The molecule has 2 aromatic carbocycles. The minimum Gasteiger partial charge on any atom is -0.497 e. The molecule has 2 nitrogen and oxygen atoms in total. The lowest BCUT2D eigenvalue weighted by atomic mass is 10.0. The lowest BCUT2D eigenvalue weighted by molar-refractivity contribution is 0.399. The molecule has 6 heteroatoms. The molecule has 0 aromatic heterocycles. The average molecular weight is 333 g/mol. The molecule has 0 fully saturated rings. The summed E-state index contributed by atoms with van der Waals surface area (Å²) in [6.07, 6.45) is 0. The van der Waals surface area contributed by atoms with Gasteiger partial charge >= 0.3 is 0 Å². The summed E-state index contributed by atoms with van der Waals surface area (Å²) >= 11 is 11.8. The van der Waals surface area contributed by atoms with Crippen LogP contribution in [-0.4, -0.2) is 14.2 Å². The van der Waals surface area contributed by atoms with Crippen molar-refractivity contribution in [2.24, 2.45) is 0 Å². The van der Waals surface area contributed by atoms with E-state index in [4.69, 9.17) is 32.7 Å². The summed E-state index contributed by atoms with van der Waals surface area (Å²) in [5, 5.41) is -1.24. The fourth-order valence-electron chi connectivity index (χ4n) is 1.94. The lowest BCUT2D eigenvalue weighted by Gasteiger charge is -2.16. The Labute approximate surface area is 131 Å². The number of rotatable bonds is 4. The van der Waals surface area contributed by atoms with Crippen LogP contribution >= 0.6 is 23.2 Å². The summed E-state index contributed by atoms with van der Waals surface area (Å²) < 4.78 is 37.8. The number of halogens is 4. The highest BCUT2D eigenvalue weighted by Gasteiger charge is 2.21. The minimum atomic E-state index is -0.943. The summed E-state index contributed by atoms with van der Waals surface area (Å²) in [6.45, 7) is 0. The molecule has 112 valence electrons. The van der Waals surface area contributed by atoms with Crippen molar-refractivity contribution < 1.29 is 18.3 Å². The zero-order chi connectivity index (χ0) is 15.6. The summed E-state index contributed by atoms with van der Waals surface area (Å²) in [7, 11) is 2.96. The molecule has 0 amide bonds. The Balaban J connectivity index is 2.53. The Morgan fingerprint density at radius 2 is 1.67 bits per heavy atom. The van der Waals surface area contributed by atoms with E-state index in [1.165, 1.54) is 14.2 Å². The van der Waals surface area contributed by atoms with Crippen LogP contribution in [0.15, 0.2) is 30.3 Å². The second kappa shape index (κ2) is 6.50. The van der Waals surface area contributed by atoms with Crippen LogP contribution in [0.2, 0.25) is 5.02 Å². The Kier molecular flexibility index (Phi) is 4.91. The topological polar surface area (TPSA) is 18.5 Å². The molecule has 0 saturated carbocycles. The molecule has 0 bridgehead atoms. The standard InChI is InChI=1S/C15H12Cl2F2O2/c1-20-8-3-4-14(21-2)10(5-8)15(17)9-6-13(19)11(16)7-12(9)18/h3-7,15H,1-2H3. The Bertz CT molecular complexity index is 662. The summed E-state index contributed by atoms with van der Waals surface area (Å²) in [4.78, 5) is 0. The van der Waals surface area contributed by atoms with Crippen LogP contribution in [0.5, 0.6) is 11.5 Å². The first-order valence-electron chi connectivity index (χ1n) is 5.98. The Hall–Kier alpha value is -1.52. The molecule has 0 aliphatic heterocycles. The summed E-state index contributed by atoms with van der Waals surface area (Å²) in [5.41, 5.74) is 0.448. The van der Waals surface area contributed by atoms with E-state index < -0.39 is 17.0 Å². The third-order valence-electron chi connectivity index (χ3n) is 3.02. The molecule has 2 rings (SSSR count). The molecule has 0 radical (unpaired) electrons. The third kappa shape index (κ3) is 3.22. The smallest absolute Gasteiger partial charge is 0.142 e. The van der Waals surface area contributed by atoms with Gasteiger partial charge in [-0.1, -0.05) is 11.6 Å². The van der Waals surface area contributed by atoms with Gasteiger partial charge in [0, 0.05) is 11.1 Å². The molecule has 1 atom stereocenters. The molecule has 0 aliphatic rings. The van der Waals surface area contributed by atoms with E-state index in [9.17, 15) is 8.78 Å². The molecule has 0 spiro atoms. The van der Waals surface area contributed by atoms with Crippen molar-refractivity contribution >= 4 is 23.2 Å². The first-order valence-corrected chi connectivity index (χ1v) is 6.79. The molecule has 0 saturated heterocycles. The van der Waals surface area contributed by atoms with E-state index >= 15 is 0 Å². The predicted molar refractivity (Wildman–Crippen MR) is 78.6 cm³/mol. The molecular formula is C15H12Cl2F2O2. The highest BCUT2D eigenvalue weighted by molar-refractivity contribution is 6.30. The second-order valence-electron chi connectivity index (χ2n) is 4.26. The first-order chi connectivity index (χ1) is 9.97. The molecule has 2 aromatic rings. The molecule has 0 heterocycles. The Morgan fingerprint density at radius 1 is 0.952 bits per heavy atom. The first kappa shape index (κ1) is 15.9. The molecular weight excluding hydrogens is 321 g/mol. The van der Waals surface area contributed by atoms with Gasteiger partial charge in [-0.3, -0.25) is 0 Å². The van der Waals surface area contributed by atoms with Gasteiger partial charge in [0.2, 0.25) is 0 Å². The van der Waals surface area contributed by atoms with Crippen LogP contribution in [-0.2, 0) is 0 Å². The van der Waals surface area contributed by atoms with Gasteiger partial charge in [-0.15, -0.1) is 11.6 Å². The van der Waals surface area contributed by atoms with Gasteiger partial charge in [0.25, 0.3) is 0 Å². The maximum Gasteiger partial charge on any atom is 0.142 e. The van der Waals surface area contributed by atoms with Crippen LogP contribution in [0.4, 0.5) is 8.78 Å². The van der Waals surface area contributed by atoms with Gasteiger partial charge in [0.1, 0.15) is 23.1 Å². The van der Waals surface area contributed by atoms with E-state index in [2.05, 4.69) is 0 Å². The monoisotopic (exact) mass is 332 g/mol. The minimum absolute atomic E-state index is 0.0230. The van der Waals surface area contributed by atoms with Crippen LogP contribution in [0.1, 0.15) is 16.5 Å². The fourth-order valence-corrected chi connectivity index (χ4v) is 2.43. The zero-order valence-electron chi connectivity index (χ0n) is 11.3. The van der Waals surface area contributed by atoms with Crippen LogP contribution < -0.4 is 9.47 Å². The van der Waals surface area contributed by atoms with Crippen molar-refractivity contribution in [1.29, 1.82) is 0 Å². The summed E-state index contributed by atoms with van der Waals surface area (Å²) in [6, 6.07) is 6.82. The quantitative estimate of drug-likeness (QED) is 0.581. The SMILES string of the molecule is COc1ccc(OC)c(C(Cl)c2cc(F)c(Cl)cc2F)c1. The van der Waals surface area contributed by atoms with Crippen LogP contribution in [0, 0.1) is 11.6 Å². The van der Waals surface area contributed by atoms with Crippen LogP contribution in [0.3, 0.4) is 0 Å². The van der Waals surface area contributed by atoms with Crippen molar-refractivity contribution in [3.8, 4) is 11.5 Å². The van der Waals surface area contributed by atoms with Crippen molar-refractivity contribution in [3.63, 3.8) is 0 Å². The maximum atomic E-state index is 14.0. The highest BCUT2D eigenvalue weighted by atomic mass is 35.5. The number of hydrogen-bond acceptors (Lipinski definition) is 2. The van der Waals surface area contributed by atoms with Crippen molar-refractivity contribution in [2.75, 3.05) is 14.2 Å². The number of hydrogen-bond donors (Lipinski definition) is 0. The average Bonchev–Trinajstić information content (AvgIpc) is 2.49. The second-order valence-corrected chi connectivity index (χ2v) is 5.10. The van der Waals surface area contributed by atoms with E-state index in [0.29, 0.717) is 17.1 Å². The number of ether oxygens (including phenoxy) is 2. The van der Waals surface area contributed by atoms with Crippen LogP contribution in [0.25, 0.3) is 0 Å². The lowest BCUT2D eigenvalue weighted by Crippen LogP contribution is -2.02. The molecule has 1 unspecified atom stereocenters. The molecule has 0 N–H and O–H groups in total. The normalized spacial score (nSPS) is 12.1. The zero-order valence-corrected chi connectivity index (χ0v) is 12.8. The number of benzene rings is 2. The van der Waals surface area contributed by atoms with Gasteiger partial charge in [0.15, 0.2) is 0 Å². The van der Waals surface area contributed by atoms with E-state index in [0.717, 1.165) is 12.1 Å². The van der Waals surface area contributed by atoms with Crippen molar-refractivity contribution in [2.45, 2.75) is 5.38 Å². The number of alkyl halides is 1. The van der Waals surface area contributed by atoms with Gasteiger partial charge in [-0.05, 0) is 30.3 Å². The fraction of sp³-hybridized carbons (Fsp3) is 0.200.